The van der Waals surface area contributed by atoms with Gasteiger partial charge in [0.05, 0.1) is 16.6 Å². The smallest absolute Gasteiger partial charge is 0.338 e. The van der Waals surface area contributed by atoms with Crippen molar-refractivity contribution < 1.29 is 19.4 Å². The van der Waals surface area contributed by atoms with E-state index in [0.29, 0.717) is 16.5 Å². The maximum absolute atomic E-state index is 12.9. The van der Waals surface area contributed by atoms with Crippen LogP contribution in [0.2, 0.25) is 0 Å². The van der Waals surface area contributed by atoms with Crippen LogP contribution in [-0.2, 0) is 17.8 Å². The number of nitrogens with zero attached hydrogens (tertiary/aromatic N) is 2. The van der Waals surface area contributed by atoms with Gasteiger partial charge in [-0.25, -0.2) is 9.78 Å². The molecule has 166 valence electrons. The third-order valence-electron chi connectivity index (χ3n) is 5.43. The number of hydrogen-bond acceptors (Lipinski definition) is 8. The van der Waals surface area contributed by atoms with Crippen LogP contribution in [0, 0.1) is 6.92 Å². The van der Waals surface area contributed by atoms with E-state index in [2.05, 4.69) is 9.97 Å². The number of benzene rings is 3. The summed E-state index contributed by atoms with van der Waals surface area (Å²) in [6, 6.07) is 16.6. The fourth-order valence-electron chi connectivity index (χ4n) is 3.71. The number of nitrogens with two attached hydrogens (primary N) is 2. The van der Waals surface area contributed by atoms with Crippen molar-refractivity contribution in [1.82, 2.24) is 9.97 Å². The molecule has 33 heavy (non-hydrogen) atoms. The van der Waals surface area contributed by atoms with Gasteiger partial charge >= 0.3 is 5.97 Å². The maximum Gasteiger partial charge on any atom is 0.338 e. The van der Waals surface area contributed by atoms with Crippen LogP contribution >= 0.6 is 0 Å². The number of carbonyl (C=O) groups is 2. The zero-order chi connectivity index (χ0) is 23.5. The molecule has 1 aromatic heterocycles. The highest BCUT2D eigenvalue weighted by molar-refractivity contribution is 6.01. The number of phenolic OH excluding ortho intramolecular Hbond substituents is 1. The Balaban J connectivity index is 1.54. The van der Waals surface area contributed by atoms with Gasteiger partial charge in [-0.3, -0.25) is 4.79 Å². The van der Waals surface area contributed by atoms with Crippen LogP contribution in [0.15, 0.2) is 60.7 Å². The van der Waals surface area contributed by atoms with E-state index in [-0.39, 0.29) is 47.5 Å². The summed E-state index contributed by atoms with van der Waals surface area (Å²) in [4.78, 5) is 33.7. The summed E-state index contributed by atoms with van der Waals surface area (Å²) in [6.45, 7) is 1.85. The highest BCUT2D eigenvalue weighted by Gasteiger charge is 2.18. The maximum atomic E-state index is 12.9. The van der Waals surface area contributed by atoms with Crippen molar-refractivity contribution in [2.24, 2.45) is 0 Å². The molecule has 0 saturated heterocycles. The predicted molar refractivity (Wildman–Crippen MR) is 125 cm³/mol. The summed E-state index contributed by atoms with van der Waals surface area (Å²) < 4.78 is 5.55. The third-order valence-corrected chi connectivity index (χ3v) is 5.43. The normalized spacial score (nSPS) is 10.8. The Kier molecular flexibility index (Phi) is 5.91. The van der Waals surface area contributed by atoms with Crippen LogP contribution < -0.4 is 11.5 Å². The number of carbonyl (C=O) groups excluding carboxylic acids is 2. The number of aromatic hydroxyl groups is 1. The molecule has 1 heterocycles. The van der Waals surface area contributed by atoms with Gasteiger partial charge in [0.1, 0.15) is 18.2 Å². The molecule has 0 bridgehead atoms. The number of phenols is 1. The SMILES string of the molecule is Cc1c(COC(=O)c2ccccc2CC(=O)c2ccccc2O)ccc2nc(N)nc(N)c12. The first kappa shape index (κ1) is 21.8. The quantitative estimate of drug-likeness (QED) is 0.304. The summed E-state index contributed by atoms with van der Waals surface area (Å²) in [5.74, 6) is -0.603. The minimum Gasteiger partial charge on any atom is -0.507 e. The van der Waals surface area contributed by atoms with Crippen LogP contribution in [-0.4, -0.2) is 26.8 Å². The predicted octanol–water partition coefficient (Wildman–Crippen LogP) is 3.59. The molecule has 0 aliphatic rings. The number of aryl methyl sites for hydroxylation is 1. The first-order valence-electron chi connectivity index (χ1n) is 10.2. The number of anilines is 2. The molecule has 8 heteroatoms. The molecule has 8 nitrogen and oxygen atoms in total. The van der Waals surface area contributed by atoms with Crippen LogP contribution in [0.3, 0.4) is 0 Å². The third kappa shape index (κ3) is 4.45. The van der Waals surface area contributed by atoms with E-state index in [1.54, 1.807) is 54.6 Å². The lowest BCUT2D eigenvalue weighted by molar-refractivity contribution is 0.0471. The molecule has 0 saturated carbocycles. The van der Waals surface area contributed by atoms with Crippen molar-refractivity contribution in [3.05, 3.63) is 88.5 Å². The van der Waals surface area contributed by atoms with E-state index in [0.717, 1.165) is 11.1 Å². The number of ether oxygens (including phenoxy) is 1. The largest absolute Gasteiger partial charge is 0.507 e. The molecule has 0 atom stereocenters. The van der Waals surface area contributed by atoms with E-state index in [1.165, 1.54) is 6.07 Å². The van der Waals surface area contributed by atoms with Gasteiger partial charge in [0.25, 0.3) is 0 Å². The number of para-hydroxylation sites is 1. The molecular weight excluding hydrogens is 420 g/mol. The highest BCUT2D eigenvalue weighted by Crippen LogP contribution is 2.26. The molecular formula is C25H22N4O4. The second-order valence-corrected chi connectivity index (χ2v) is 7.56. The van der Waals surface area contributed by atoms with Crippen LogP contribution in [0.1, 0.15) is 37.4 Å². The van der Waals surface area contributed by atoms with Gasteiger partial charge in [0, 0.05) is 11.8 Å². The van der Waals surface area contributed by atoms with Crippen molar-refractivity contribution in [3.8, 4) is 5.75 Å². The van der Waals surface area contributed by atoms with E-state index in [4.69, 9.17) is 16.2 Å². The van der Waals surface area contributed by atoms with Gasteiger partial charge in [0.15, 0.2) is 5.78 Å². The average Bonchev–Trinajstić information content (AvgIpc) is 2.78. The Morgan fingerprint density at radius 1 is 0.909 bits per heavy atom. The molecule has 0 spiro atoms. The summed E-state index contributed by atoms with van der Waals surface area (Å²) in [7, 11) is 0. The number of nitrogen functional groups attached to an aromatic ring is 2. The molecule has 4 aromatic rings. The summed E-state index contributed by atoms with van der Waals surface area (Å²) in [5, 5.41) is 10.6. The van der Waals surface area contributed by atoms with Crippen LogP contribution in [0.5, 0.6) is 5.75 Å². The number of esters is 1. The highest BCUT2D eigenvalue weighted by atomic mass is 16.5. The fourth-order valence-corrected chi connectivity index (χ4v) is 3.71. The van der Waals surface area contributed by atoms with Crippen molar-refractivity contribution >= 4 is 34.4 Å². The second kappa shape index (κ2) is 8.96. The van der Waals surface area contributed by atoms with Gasteiger partial charge in [-0.15, -0.1) is 0 Å². The Morgan fingerprint density at radius 3 is 2.36 bits per heavy atom. The lowest BCUT2D eigenvalue weighted by atomic mass is 9.98. The molecule has 0 radical (unpaired) electrons. The van der Waals surface area contributed by atoms with Gasteiger partial charge in [-0.05, 0) is 47.9 Å². The molecule has 0 unspecified atom stereocenters. The van der Waals surface area contributed by atoms with Gasteiger partial charge in [-0.1, -0.05) is 36.4 Å². The molecule has 3 aromatic carbocycles. The molecule has 5 N–H and O–H groups in total. The van der Waals surface area contributed by atoms with E-state index in [9.17, 15) is 14.7 Å². The molecule has 0 aliphatic heterocycles. The number of Topliss-reactive ketones (excluding diaryl/α,β-unsaturated/α-hetero) is 1. The van der Waals surface area contributed by atoms with Crippen molar-refractivity contribution in [2.75, 3.05) is 11.5 Å². The van der Waals surface area contributed by atoms with E-state index < -0.39 is 5.97 Å². The zero-order valence-corrected chi connectivity index (χ0v) is 17.9. The Hall–Kier alpha value is -4.46. The zero-order valence-electron chi connectivity index (χ0n) is 17.9. The number of fused-ring (bicyclic) bond motifs is 1. The number of rotatable bonds is 6. The van der Waals surface area contributed by atoms with Gasteiger partial charge in [0.2, 0.25) is 5.95 Å². The Morgan fingerprint density at radius 2 is 1.61 bits per heavy atom. The minimum absolute atomic E-state index is 0.00613. The topological polar surface area (TPSA) is 141 Å². The van der Waals surface area contributed by atoms with Crippen molar-refractivity contribution in [2.45, 2.75) is 20.0 Å². The van der Waals surface area contributed by atoms with Gasteiger partial charge in [-0.2, -0.15) is 4.98 Å². The monoisotopic (exact) mass is 442 g/mol. The van der Waals surface area contributed by atoms with Gasteiger partial charge < -0.3 is 21.3 Å². The number of hydrogen-bond donors (Lipinski definition) is 3. The van der Waals surface area contributed by atoms with E-state index in [1.807, 2.05) is 6.92 Å². The van der Waals surface area contributed by atoms with Crippen molar-refractivity contribution in [3.63, 3.8) is 0 Å². The Bertz CT molecular complexity index is 1380. The summed E-state index contributed by atoms with van der Waals surface area (Å²) in [5.41, 5.74) is 14.8. The number of aromatic nitrogens is 2. The van der Waals surface area contributed by atoms with E-state index >= 15 is 0 Å². The molecule has 0 aliphatic carbocycles. The summed E-state index contributed by atoms with van der Waals surface area (Å²) >= 11 is 0. The summed E-state index contributed by atoms with van der Waals surface area (Å²) in [6.07, 6.45) is -0.0485. The molecule has 0 amide bonds. The lowest BCUT2D eigenvalue weighted by Crippen LogP contribution is -2.12. The van der Waals surface area contributed by atoms with Crippen molar-refractivity contribution in [1.29, 1.82) is 0 Å². The molecule has 0 fully saturated rings. The van der Waals surface area contributed by atoms with Crippen LogP contribution in [0.25, 0.3) is 10.9 Å². The Labute approximate surface area is 189 Å². The standard InChI is InChI=1S/C25H22N4O4/c1-14-16(10-11-19-22(14)23(26)29-25(27)28-19)13-33-24(32)17-7-3-2-6-15(17)12-21(31)18-8-4-5-9-20(18)30/h2-11,30H,12-13H2,1H3,(H4,26,27,28,29). The first-order valence-corrected chi connectivity index (χ1v) is 10.2. The molecule has 4 rings (SSSR count). The first-order chi connectivity index (χ1) is 15.8. The van der Waals surface area contributed by atoms with Crippen LogP contribution in [0.4, 0.5) is 11.8 Å². The fraction of sp³-hybridized carbons (Fsp3) is 0.120. The minimum atomic E-state index is -0.559. The average molecular weight is 442 g/mol. The number of ketones is 1. The lowest BCUT2D eigenvalue weighted by Gasteiger charge is -2.13. The second-order valence-electron chi connectivity index (χ2n) is 7.56.